The van der Waals surface area contributed by atoms with Crippen molar-refractivity contribution in [3.63, 3.8) is 0 Å². The molecule has 3 aromatic carbocycles. The van der Waals surface area contributed by atoms with Crippen LogP contribution in [0.25, 0.3) is 22.2 Å². The van der Waals surface area contributed by atoms with Crippen molar-refractivity contribution in [1.82, 2.24) is 9.97 Å². The highest BCUT2D eigenvalue weighted by molar-refractivity contribution is 8.00. The van der Waals surface area contributed by atoms with Crippen LogP contribution in [0.2, 0.25) is 5.02 Å². The van der Waals surface area contributed by atoms with Crippen molar-refractivity contribution in [1.29, 1.82) is 0 Å². The van der Waals surface area contributed by atoms with Gasteiger partial charge in [0.2, 0.25) is 0 Å². The zero-order valence-electron chi connectivity index (χ0n) is 16.2. The van der Waals surface area contributed by atoms with Gasteiger partial charge in [-0.1, -0.05) is 29.8 Å². The summed E-state index contributed by atoms with van der Waals surface area (Å²) in [6.07, 6.45) is 0. The molecule has 0 atom stereocenters. The molecule has 1 heterocycles. The Morgan fingerprint density at radius 1 is 0.933 bits per heavy atom. The first-order chi connectivity index (χ1) is 14.4. The number of H-pyrrole nitrogens is 2. The predicted molar refractivity (Wildman–Crippen MR) is 123 cm³/mol. The van der Waals surface area contributed by atoms with Gasteiger partial charge < -0.3 is 19.4 Å². The number of fused-ring (bicyclic) bond motifs is 1. The third-order valence-corrected chi connectivity index (χ3v) is 5.98. The van der Waals surface area contributed by atoms with Gasteiger partial charge in [-0.15, -0.1) is 0 Å². The van der Waals surface area contributed by atoms with Crippen molar-refractivity contribution in [3.8, 4) is 16.9 Å². The molecule has 8 heteroatoms. The normalized spacial score (nSPS) is 10.9. The van der Waals surface area contributed by atoms with Crippen molar-refractivity contribution < 1.29 is 4.74 Å². The van der Waals surface area contributed by atoms with E-state index in [0.29, 0.717) is 16.1 Å². The molecule has 4 aromatic rings. The minimum atomic E-state index is -0.670. The lowest BCUT2D eigenvalue weighted by molar-refractivity contribution is 0.415. The van der Waals surface area contributed by atoms with Gasteiger partial charge in [-0.2, -0.15) is 0 Å². The SMILES string of the molecule is COc1ccc(-c2ccc(NSc3cc4[nH]c(=O)c(=O)[nH]c4cc3C)cc2Cl)cc1. The maximum atomic E-state index is 11.6. The maximum absolute atomic E-state index is 11.6. The quantitative estimate of drug-likeness (QED) is 0.302. The second-order valence-corrected chi connectivity index (χ2v) is 7.95. The van der Waals surface area contributed by atoms with Crippen LogP contribution in [0.3, 0.4) is 0 Å². The van der Waals surface area contributed by atoms with E-state index in [1.165, 1.54) is 11.9 Å². The number of benzene rings is 3. The molecular weight excluding hydrogens is 422 g/mol. The van der Waals surface area contributed by atoms with Crippen molar-refractivity contribution in [2.75, 3.05) is 11.8 Å². The second-order valence-electron chi connectivity index (χ2n) is 6.70. The van der Waals surface area contributed by atoms with E-state index in [9.17, 15) is 9.59 Å². The van der Waals surface area contributed by atoms with Crippen LogP contribution in [0.5, 0.6) is 5.75 Å². The molecule has 0 bridgehead atoms. The molecule has 0 fully saturated rings. The molecule has 30 heavy (non-hydrogen) atoms. The number of aryl methyl sites for hydroxylation is 1. The third kappa shape index (κ3) is 4.08. The van der Waals surface area contributed by atoms with Gasteiger partial charge in [0.15, 0.2) is 0 Å². The molecule has 3 N–H and O–H groups in total. The first kappa shape index (κ1) is 20.1. The lowest BCUT2D eigenvalue weighted by Gasteiger charge is -2.11. The first-order valence-electron chi connectivity index (χ1n) is 9.08. The van der Waals surface area contributed by atoms with Crippen LogP contribution < -0.4 is 20.6 Å². The molecule has 6 nitrogen and oxygen atoms in total. The van der Waals surface area contributed by atoms with Crippen molar-refractivity contribution in [2.24, 2.45) is 0 Å². The lowest BCUT2D eigenvalue weighted by Crippen LogP contribution is -2.28. The van der Waals surface area contributed by atoms with E-state index < -0.39 is 11.1 Å². The Labute approximate surface area is 181 Å². The predicted octanol–water partition coefficient (Wildman–Crippen LogP) is 4.97. The largest absolute Gasteiger partial charge is 0.497 e. The molecular formula is C22H18ClN3O3S. The highest BCUT2D eigenvalue weighted by Gasteiger charge is 2.08. The minimum Gasteiger partial charge on any atom is -0.497 e. The smallest absolute Gasteiger partial charge is 0.314 e. The zero-order chi connectivity index (χ0) is 21.3. The van der Waals surface area contributed by atoms with Crippen molar-refractivity contribution in [3.05, 3.63) is 85.9 Å². The van der Waals surface area contributed by atoms with Gasteiger partial charge in [0.25, 0.3) is 0 Å². The fourth-order valence-electron chi connectivity index (χ4n) is 3.06. The third-order valence-electron chi connectivity index (χ3n) is 4.67. The molecule has 0 unspecified atom stereocenters. The Balaban J connectivity index is 1.55. The van der Waals surface area contributed by atoms with Crippen LogP contribution in [-0.2, 0) is 0 Å². The summed E-state index contributed by atoms with van der Waals surface area (Å²) < 4.78 is 8.47. The van der Waals surface area contributed by atoms with E-state index in [2.05, 4.69) is 14.7 Å². The summed E-state index contributed by atoms with van der Waals surface area (Å²) in [4.78, 5) is 29.2. The fourth-order valence-corrected chi connectivity index (χ4v) is 4.10. The number of hydrogen-bond donors (Lipinski definition) is 3. The Kier molecular flexibility index (Phi) is 5.57. The maximum Gasteiger partial charge on any atom is 0.314 e. The van der Waals surface area contributed by atoms with E-state index in [1.54, 1.807) is 7.11 Å². The number of aromatic nitrogens is 2. The molecule has 4 rings (SSSR count). The van der Waals surface area contributed by atoms with Gasteiger partial charge in [-0.3, -0.25) is 9.59 Å². The van der Waals surface area contributed by atoms with Crippen LogP contribution in [-0.4, -0.2) is 17.1 Å². The highest BCUT2D eigenvalue weighted by atomic mass is 35.5. The van der Waals surface area contributed by atoms with Crippen molar-refractivity contribution >= 4 is 40.3 Å². The molecule has 0 saturated carbocycles. The molecule has 0 aliphatic rings. The lowest BCUT2D eigenvalue weighted by atomic mass is 10.1. The number of rotatable bonds is 5. The Morgan fingerprint density at radius 3 is 2.23 bits per heavy atom. The molecule has 0 amide bonds. The van der Waals surface area contributed by atoms with Crippen LogP contribution in [0.4, 0.5) is 5.69 Å². The van der Waals surface area contributed by atoms with E-state index in [0.717, 1.165) is 33.0 Å². The average molecular weight is 440 g/mol. The van der Waals surface area contributed by atoms with Crippen molar-refractivity contribution in [2.45, 2.75) is 11.8 Å². The van der Waals surface area contributed by atoms with Gasteiger partial charge in [-0.05, 0) is 66.4 Å². The highest BCUT2D eigenvalue weighted by Crippen LogP contribution is 2.33. The van der Waals surface area contributed by atoms with Gasteiger partial charge in [0.05, 0.1) is 23.2 Å². The van der Waals surface area contributed by atoms with Gasteiger partial charge in [-0.25, -0.2) is 0 Å². The number of hydrogen-bond acceptors (Lipinski definition) is 5. The fraction of sp³-hybridized carbons (Fsp3) is 0.0909. The van der Waals surface area contributed by atoms with E-state index in [1.807, 2.05) is 61.5 Å². The van der Waals surface area contributed by atoms with Gasteiger partial charge >= 0.3 is 11.1 Å². The van der Waals surface area contributed by atoms with Crippen LogP contribution in [0.15, 0.2) is 69.1 Å². The molecule has 0 spiro atoms. The number of nitrogens with one attached hydrogen (secondary N) is 3. The van der Waals surface area contributed by atoms with E-state index in [4.69, 9.17) is 16.3 Å². The Bertz CT molecular complexity index is 1350. The number of anilines is 1. The molecule has 1 aromatic heterocycles. The van der Waals surface area contributed by atoms with E-state index in [-0.39, 0.29) is 0 Å². The van der Waals surface area contributed by atoms with Crippen LogP contribution in [0, 0.1) is 6.92 Å². The summed E-state index contributed by atoms with van der Waals surface area (Å²) in [5.74, 6) is 0.792. The molecule has 152 valence electrons. The van der Waals surface area contributed by atoms with E-state index >= 15 is 0 Å². The van der Waals surface area contributed by atoms with Gasteiger partial charge in [0.1, 0.15) is 5.75 Å². The standard InChI is InChI=1S/C22H18ClN3O3S/c1-12-9-18-19(25-22(28)21(27)24-18)11-20(12)30-26-14-5-8-16(17(23)10-14)13-3-6-15(29-2)7-4-13/h3-11,26H,1-2H3,(H,24,27)(H,25,28). The summed E-state index contributed by atoms with van der Waals surface area (Å²) in [5, 5.41) is 0.628. The molecule has 0 aliphatic heterocycles. The van der Waals surface area contributed by atoms with Crippen LogP contribution in [0.1, 0.15) is 5.56 Å². The average Bonchev–Trinajstić information content (AvgIpc) is 2.74. The van der Waals surface area contributed by atoms with Gasteiger partial charge in [0, 0.05) is 16.1 Å². The summed E-state index contributed by atoms with van der Waals surface area (Å²) in [7, 11) is 1.63. The first-order valence-corrected chi connectivity index (χ1v) is 10.3. The molecule has 0 aliphatic carbocycles. The number of methoxy groups -OCH3 is 1. The summed E-state index contributed by atoms with van der Waals surface area (Å²) in [6.45, 7) is 1.94. The summed E-state index contributed by atoms with van der Waals surface area (Å²) >= 11 is 7.91. The zero-order valence-corrected chi connectivity index (χ0v) is 17.8. The summed E-state index contributed by atoms with van der Waals surface area (Å²) in [5.41, 5.74) is 3.57. The number of ether oxygens (including phenoxy) is 1. The Hall–Kier alpha value is -3.16. The monoisotopic (exact) mass is 439 g/mol. The minimum absolute atomic E-state index is 0.572. The molecule has 0 radical (unpaired) electrons. The second kappa shape index (κ2) is 8.30. The topological polar surface area (TPSA) is 87.0 Å². The van der Waals surface area contributed by atoms with Crippen LogP contribution >= 0.6 is 23.5 Å². The number of aromatic amines is 2. The number of halogens is 1. The molecule has 0 saturated heterocycles. The summed E-state index contributed by atoms with van der Waals surface area (Å²) in [6, 6.07) is 17.2. The Morgan fingerprint density at radius 2 is 1.60 bits per heavy atom.